The molecule has 0 aliphatic rings. The summed E-state index contributed by atoms with van der Waals surface area (Å²) >= 11 is 0. The largest absolute Gasteiger partial charge is 0.462 e. The molecule has 2 heteroatoms. The van der Waals surface area contributed by atoms with Gasteiger partial charge in [0.1, 0.15) is 0 Å². The van der Waals surface area contributed by atoms with Crippen LogP contribution in [-0.4, -0.2) is 12.6 Å². The van der Waals surface area contributed by atoms with Gasteiger partial charge in [0, 0.05) is 5.57 Å². The molecule has 0 heterocycles. The highest BCUT2D eigenvalue weighted by Gasteiger charge is 2.07. The molecule has 0 N–H and O–H groups in total. The molecule has 21 heavy (non-hydrogen) atoms. The zero-order valence-corrected chi connectivity index (χ0v) is 14.4. The van der Waals surface area contributed by atoms with Crippen LogP contribution in [0, 0.1) is 0 Å². The molecule has 0 rings (SSSR count). The van der Waals surface area contributed by atoms with Gasteiger partial charge in [0.2, 0.25) is 0 Å². The molecule has 0 aliphatic carbocycles. The highest BCUT2D eigenvalue weighted by molar-refractivity contribution is 5.87. The van der Waals surface area contributed by atoms with E-state index >= 15 is 0 Å². The average molecular weight is 296 g/mol. The maximum Gasteiger partial charge on any atom is 0.333 e. The molecule has 0 aliphatic heterocycles. The minimum Gasteiger partial charge on any atom is -0.462 e. The van der Waals surface area contributed by atoms with E-state index in [1.165, 1.54) is 57.8 Å². The topological polar surface area (TPSA) is 26.3 Å². The maximum atomic E-state index is 11.7. The summed E-state index contributed by atoms with van der Waals surface area (Å²) in [5.74, 6) is -0.186. The molecular formula is C19H36O2. The van der Waals surface area contributed by atoms with Crippen molar-refractivity contribution < 1.29 is 9.53 Å². The Kier molecular flexibility index (Phi) is 15.0. The van der Waals surface area contributed by atoms with Crippen molar-refractivity contribution in [3.05, 3.63) is 12.2 Å². The van der Waals surface area contributed by atoms with Gasteiger partial charge in [-0.3, -0.25) is 0 Å². The lowest BCUT2D eigenvalue weighted by Crippen LogP contribution is -2.08. The quantitative estimate of drug-likeness (QED) is 0.204. The summed E-state index contributed by atoms with van der Waals surface area (Å²) in [5.41, 5.74) is 0.650. The van der Waals surface area contributed by atoms with E-state index in [0.717, 1.165) is 25.7 Å². The molecule has 0 bridgehead atoms. The zero-order chi connectivity index (χ0) is 15.8. The van der Waals surface area contributed by atoms with Gasteiger partial charge in [0.05, 0.1) is 6.61 Å². The van der Waals surface area contributed by atoms with E-state index in [1.54, 1.807) is 0 Å². The van der Waals surface area contributed by atoms with Crippen LogP contribution in [0.15, 0.2) is 12.2 Å². The second kappa shape index (κ2) is 15.6. The third kappa shape index (κ3) is 13.9. The van der Waals surface area contributed by atoms with Gasteiger partial charge in [-0.25, -0.2) is 4.79 Å². The van der Waals surface area contributed by atoms with Gasteiger partial charge in [-0.2, -0.15) is 0 Å². The van der Waals surface area contributed by atoms with Gasteiger partial charge >= 0.3 is 5.97 Å². The third-order valence-corrected chi connectivity index (χ3v) is 3.85. The van der Waals surface area contributed by atoms with Gasteiger partial charge < -0.3 is 4.74 Å². The number of carbonyl (C=O) groups excluding carboxylic acids is 1. The van der Waals surface area contributed by atoms with Crippen molar-refractivity contribution in [2.24, 2.45) is 0 Å². The lowest BCUT2D eigenvalue weighted by atomic mass is 10.1. The predicted octanol–water partition coefficient (Wildman–Crippen LogP) is 6.20. The Balaban J connectivity index is 3.37. The Morgan fingerprint density at radius 1 is 0.762 bits per heavy atom. The first-order chi connectivity index (χ1) is 10.2. The van der Waals surface area contributed by atoms with Crippen LogP contribution in [0.3, 0.4) is 0 Å². The normalized spacial score (nSPS) is 10.6. The van der Waals surface area contributed by atoms with E-state index in [4.69, 9.17) is 4.74 Å². The number of hydrogen-bond acceptors (Lipinski definition) is 2. The fraction of sp³-hybridized carbons (Fsp3) is 0.842. The minimum absolute atomic E-state index is 0.186. The molecule has 0 saturated carbocycles. The number of unbranched alkanes of at least 4 members (excludes halogenated alkanes) is 10. The Morgan fingerprint density at radius 2 is 1.24 bits per heavy atom. The smallest absolute Gasteiger partial charge is 0.333 e. The summed E-state index contributed by atoms with van der Waals surface area (Å²) in [6, 6.07) is 0. The first-order valence-electron chi connectivity index (χ1n) is 9.07. The van der Waals surface area contributed by atoms with Crippen molar-refractivity contribution in [1.29, 1.82) is 0 Å². The van der Waals surface area contributed by atoms with Crippen LogP contribution in [0.4, 0.5) is 0 Å². The summed E-state index contributed by atoms with van der Waals surface area (Å²) < 4.78 is 5.23. The maximum absolute atomic E-state index is 11.7. The summed E-state index contributed by atoms with van der Waals surface area (Å²) in [7, 11) is 0. The summed E-state index contributed by atoms with van der Waals surface area (Å²) in [6.45, 7) is 8.83. The Bertz CT molecular complexity index is 258. The summed E-state index contributed by atoms with van der Waals surface area (Å²) in [4.78, 5) is 11.7. The summed E-state index contributed by atoms with van der Waals surface area (Å²) in [6.07, 6.45) is 15.6. The van der Waals surface area contributed by atoms with Crippen molar-refractivity contribution in [2.75, 3.05) is 6.61 Å². The molecule has 0 aromatic rings. The number of rotatable bonds is 15. The Labute approximate surface area is 132 Å². The number of ether oxygens (including phenoxy) is 1. The van der Waals surface area contributed by atoms with Crippen LogP contribution in [0.5, 0.6) is 0 Å². The lowest BCUT2D eigenvalue weighted by molar-refractivity contribution is -0.139. The number of hydrogen-bond donors (Lipinski definition) is 0. The highest BCUT2D eigenvalue weighted by Crippen LogP contribution is 2.13. The first-order valence-corrected chi connectivity index (χ1v) is 9.07. The zero-order valence-electron chi connectivity index (χ0n) is 14.4. The molecule has 0 aromatic heterocycles. The van der Waals surface area contributed by atoms with E-state index in [2.05, 4.69) is 20.4 Å². The molecule has 0 saturated heterocycles. The van der Waals surface area contributed by atoms with Crippen LogP contribution in [0.2, 0.25) is 0 Å². The van der Waals surface area contributed by atoms with Crippen LogP contribution >= 0.6 is 0 Å². The van der Waals surface area contributed by atoms with E-state index in [1.807, 2.05) is 0 Å². The van der Waals surface area contributed by atoms with Crippen molar-refractivity contribution in [1.82, 2.24) is 0 Å². The van der Waals surface area contributed by atoms with Crippen LogP contribution in [0.1, 0.15) is 97.3 Å². The molecule has 0 fully saturated rings. The Hall–Kier alpha value is -0.790. The van der Waals surface area contributed by atoms with Crippen molar-refractivity contribution in [2.45, 2.75) is 97.3 Å². The highest BCUT2D eigenvalue weighted by atomic mass is 16.5. The standard InChI is InChI=1S/C19H36O2/c1-4-6-8-10-11-12-13-14-16-18(3)19(20)21-17-15-9-7-5-2/h3-17H2,1-2H3. The van der Waals surface area contributed by atoms with Crippen molar-refractivity contribution in [3.63, 3.8) is 0 Å². The number of esters is 1. The molecule has 0 atom stereocenters. The molecule has 0 radical (unpaired) electrons. The molecule has 124 valence electrons. The van der Waals surface area contributed by atoms with E-state index < -0.39 is 0 Å². The van der Waals surface area contributed by atoms with Gasteiger partial charge in [-0.1, -0.05) is 84.6 Å². The van der Waals surface area contributed by atoms with Crippen LogP contribution in [-0.2, 0) is 9.53 Å². The second-order valence-electron chi connectivity index (χ2n) is 6.03. The van der Waals surface area contributed by atoms with Crippen molar-refractivity contribution >= 4 is 5.97 Å². The van der Waals surface area contributed by atoms with E-state index in [9.17, 15) is 4.79 Å². The molecular weight excluding hydrogens is 260 g/mol. The molecule has 0 unspecified atom stereocenters. The van der Waals surface area contributed by atoms with Gasteiger partial charge in [-0.05, 0) is 19.3 Å². The minimum atomic E-state index is -0.186. The van der Waals surface area contributed by atoms with Gasteiger partial charge in [-0.15, -0.1) is 0 Å². The van der Waals surface area contributed by atoms with Crippen LogP contribution < -0.4 is 0 Å². The van der Waals surface area contributed by atoms with Gasteiger partial charge in [0.25, 0.3) is 0 Å². The second-order valence-corrected chi connectivity index (χ2v) is 6.03. The fourth-order valence-corrected chi connectivity index (χ4v) is 2.37. The van der Waals surface area contributed by atoms with Gasteiger partial charge in [0.15, 0.2) is 0 Å². The average Bonchev–Trinajstić information content (AvgIpc) is 2.49. The van der Waals surface area contributed by atoms with E-state index in [0.29, 0.717) is 12.2 Å². The van der Waals surface area contributed by atoms with E-state index in [-0.39, 0.29) is 5.97 Å². The fourth-order valence-electron chi connectivity index (χ4n) is 2.37. The molecule has 0 aromatic carbocycles. The first kappa shape index (κ1) is 20.2. The SMILES string of the molecule is C=C(CCCCCCCCCC)C(=O)OCCCCCC. The molecule has 0 amide bonds. The van der Waals surface area contributed by atoms with Crippen LogP contribution in [0.25, 0.3) is 0 Å². The summed E-state index contributed by atoms with van der Waals surface area (Å²) in [5, 5.41) is 0. The third-order valence-electron chi connectivity index (χ3n) is 3.85. The predicted molar refractivity (Wildman–Crippen MR) is 91.5 cm³/mol. The Morgan fingerprint density at radius 3 is 1.81 bits per heavy atom. The van der Waals surface area contributed by atoms with Crippen molar-refractivity contribution in [3.8, 4) is 0 Å². The lowest BCUT2D eigenvalue weighted by Gasteiger charge is -2.07. The number of carbonyl (C=O) groups is 1. The molecule has 0 spiro atoms. The monoisotopic (exact) mass is 296 g/mol. The molecule has 2 nitrogen and oxygen atoms in total.